The Morgan fingerprint density at radius 3 is 2.19 bits per heavy atom. The summed E-state index contributed by atoms with van der Waals surface area (Å²) in [5.41, 5.74) is 13.9. The predicted molar refractivity (Wildman–Crippen MR) is 233 cm³/mol. The van der Waals surface area contributed by atoms with Gasteiger partial charge in [-0.1, -0.05) is 57.2 Å². The third kappa shape index (κ3) is 13.7. The van der Waals surface area contributed by atoms with E-state index in [1.807, 2.05) is 0 Å². The monoisotopic (exact) mass is 861 g/mol. The summed E-state index contributed by atoms with van der Waals surface area (Å²) in [6.07, 6.45) is 7.18. The van der Waals surface area contributed by atoms with Crippen molar-refractivity contribution in [3.05, 3.63) is 82.7 Å². The summed E-state index contributed by atoms with van der Waals surface area (Å²) in [6.45, 7) is 4.94. The fourth-order valence-corrected chi connectivity index (χ4v) is 7.01. The number of nitrogens with zero attached hydrogens (tertiary/aromatic N) is 1. The molecule has 3 aromatic rings. The van der Waals surface area contributed by atoms with E-state index in [0.717, 1.165) is 36.1 Å². The van der Waals surface area contributed by atoms with Crippen LogP contribution in [0, 0.1) is 5.82 Å². The standard InChI is InChI=1S/C44H61BFN7O9/c1-5-6-7-8-9-10-11-29-12-15-32(35(46)23-29)42(56)49-26-39(54)53(4)40-31-14-17-38(62-21-19-48)34(25-31)33-22-30(13-16-37(33)61-20-18-47)24-36(43(57)51-28(3)45(59)60)52-41(55)27(2)50-44(40)58/h12-17,22-23,25,27-28,36,40,59-60H,5-11,18-21,24,26,47-48H2,1-4H3,(H,49,56)(H,50,58)(H,51,57)(H,52,55)/t27-,28-,36?,40?/m0/s1. The first-order valence-electron chi connectivity index (χ1n) is 21.2. The molecular weight excluding hydrogens is 800 g/mol. The number of rotatable bonds is 20. The topological polar surface area (TPSA) is 248 Å². The van der Waals surface area contributed by atoms with Gasteiger partial charge in [0.15, 0.2) is 0 Å². The lowest BCUT2D eigenvalue weighted by Crippen LogP contribution is -2.57. The van der Waals surface area contributed by atoms with Gasteiger partial charge in [0.2, 0.25) is 23.6 Å². The molecule has 16 nitrogen and oxygen atoms in total. The van der Waals surface area contributed by atoms with Crippen molar-refractivity contribution in [1.29, 1.82) is 0 Å². The fraction of sp³-hybridized carbons (Fsp3) is 0.477. The Balaban J connectivity index is 1.70. The van der Waals surface area contributed by atoms with Crippen LogP contribution in [0.1, 0.15) is 92.4 Å². The highest BCUT2D eigenvalue weighted by Gasteiger charge is 2.34. The number of nitrogens with one attached hydrogen (secondary N) is 4. The van der Waals surface area contributed by atoms with Crippen LogP contribution in [-0.4, -0.2) is 110 Å². The van der Waals surface area contributed by atoms with Gasteiger partial charge in [0, 0.05) is 37.7 Å². The second-order valence-electron chi connectivity index (χ2n) is 15.5. The molecule has 0 saturated heterocycles. The predicted octanol–water partition coefficient (Wildman–Crippen LogP) is 2.06. The fourth-order valence-electron chi connectivity index (χ4n) is 7.01. The van der Waals surface area contributed by atoms with Crippen molar-refractivity contribution >= 4 is 36.7 Å². The molecule has 1 heterocycles. The van der Waals surface area contributed by atoms with Gasteiger partial charge in [0.05, 0.1) is 18.0 Å². The second-order valence-corrected chi connectivity index (χ2v) is 15.5. The minimum absolute atomic E-state index is 0.0614. The first-order valence-corrected chi connectivity index (χ1v) is 21.2. The smallest absolute Gasteiger partial charge is 0.475 e. The van der Waals surface area contributed by atoms with E-state index in [1.165, 1.54) is 45.9 Å². The molecule has 4 bridgehead atoms. The Morgan fingerprint density at radius 1 is 0.903 bits per heavy atom. The van der Waals surface area contributed by atoms with Gasteiger partial charge in [-0.05, 0) is 79.8 Å². The van der Waals surface area contributed by atoms with Gasteiger partial charge in [-0.25, -0.2) is 4.39 Å². The molecule has 0 radical (unpaired) electrons. The molecule has 1 aliphatic rings. The number of benzene rings is 3. The number of hydrogen-bond acceptors (Lipinski definition) is 11. The van der Waals surface area contributed by atoms with Gasteiger partial charge in [-0.15, -0.1) is 0 Å². The highest BCUT2D eigenvalue weighted by atomic mass is 19.1. The number of halogens is 1. The molecular formula is C44H61BFN7O9. The van der Waals surface area contributed by atoms with Crippen LogP contribution in [0.25, 0.3) is 11.1 Å². The van der Waals surface area contributed by atoms with Crippen LogP contribution in [0.5, 0.6) is 11.5 Å². The van der Waals surface area contributed by atoms with Crippen molar-refractivity contribution in [3.63, 3.8) is 0 Å². The number of hydrogen-bond donors (Lipinski definition) is 8. The molecule has 0 aromatic heterocycles. The lowest BCUT2D eigenvalue weighted by Gasteiger charge is -2.30. The number of unbranched alkanes of at least 4 members (excludes halogenated alkanes) is 5. The van der Waals surface area contributed by atoms with E-state index in [9.17, 15) is 34.0 Å². The van der Waals surface area contributed by atoms with E-state index >= 15 is 4.39 Å². The number of carbonyl (C=O) groups excluding carboxylic acids is 5. The van der Waals surface area contributed by atoms with E-state index < -0.39 is 73.1 Å². The number of nitrogens with two attached hydrogens (primary N) is 2. The average Bonchev–Trinajstić information content (AvgIpc) is 3.24. The first-order chi connectivity index (χ1) is 29.7. The highest BCUT2D eigenvalue weighted by molar-refractivity contribution is 6.43. The second kappa shape index (κ2) is 24.2. The number of likely N-dealkylation sites (N-methyl/N-ethyl adjacent to an activating group) is 1. The molecule has 1 aliphatic heterocycles. The van der Waals surface area contributed by atoms with Crippen molar-refractivity contribution in [1.82, 2.24) is 26.2 Å². The van der Waals surface area contributed by atoms with E-state index in [0.29, 0.717) is 40.2 Å². The van der Waals surface area contributed by atoms with Crippen molar-refractivity contribution < 1.29 is 47.9 Å². The van der Waals surface area contributed by atoms with Crippen molar-refractivity contribution in [2.24, 2.45) is 11.5 Å². The molecule has 4 rings (SSSR count). The van der Waals surface area contributed by atoms with E-state index in [1.54, 1.807) is 42.5 Å². The number of carbonyl (C=O) groups is 5. The Kier molecular flexibility index (Phi) is 19.2. The van der Waals surface area contributed by atoms with E-state index in [-0.39, 0.29) is 38.3 Å². The summed E-state index contributed by atoms with van der Waals surface area (Å²) < 4.78 is 27.3. The van der Waals surface area contributed by atoms with Gasteiger partial charge < -0.3 is 57.2 Å². The zero-order valence-corrected chi connectivity index (χ0v) is 36.0. The van der Waals surface area contributed by atoms with E-state index in [2.05, 4.69) is 28.2 Å². The van der Waals surface area contributed by atoms with Gasteiger partial charge >= 0.3 is 7.12 Å². The zero-order chi connectivity index (χ0) is 45.3. The van der Waals surface area contributed by atoms with Gasteiger partial charge in [0.1, 0.15) is 48.7 Å². The summed E-state index contributed by atoms with van der Waals surface area (Å²) in [5, 5.41) is 29.6. The molecule has 2 unspecified atom stereocenters. The SMILES string of the molecule is CCCCCCCCc1ccc(C(=O)NCC(=O)N(C)C2C(=O)N[C@@H](C)C(=O)NC(C(=O)N[C@@H](C)B(O)O)Cc3ccc(OCCN)c(c3)-c3cc2ccc3OCCN)c(F)c1. The van der Waals surface area contributed by atoms with Crippen LogP contribution >= 0.6 is 0 Å². The molecule has 10 N–H and O–H groups in total. The minimum Gasteiger partial charge on any atom is -0.492 e. The average molecular weight is 862 g/mol. The van der Waals surface area contributed by atoms with Crippen LogP contribution in [0.4, 0.5) is 4.39 Å². The maximum Gasteiger partial charge on any atom is 0.475 e. The Hall–Kier alpha value is -5.56. The molecule has 62 heavy (non-hydrogen) atoms. The molecule has 0 saturated carbocycles. The molecule has 4 atom stereocenters. The third-order valence-corrected chi connectivity index (χ3v) is 10.6. The van der Waals surface area contributed by atoms with Crippen molar-refractivity contribution in [3.8, 4) is 22.6 Å². The quantitative estimate of drug-likeness (QED) is 0.0604. The Bertz CT molecular complexity index is 2020. The molecule has 3 aromatic carbocycles. The largest absolute Gasteiger partial charge is 0.492 e. The summed E-state index contributed by atoms with van der Waals surface area (Å²) in [7, 11) is -0.524. The number of fused-ring (bicyclic) bond motifs is 5. The molecule has 0 spiro atoms. The van der Waals surface area contributed by atoms with Gasteiger partial charge in [0.25, 0.3) is 5.91 Å². The zero-order valence-electron chi connectivity index (χ0n) is 36.0. The van der Waals surface area contributed by atoms with Crippen LogP contribution in [0.2, 0.25) is 0 Å². The first kappa shape index (κ1) is 49.1. The van der Waals surface area contributed by atoms with Crippen LogP contribution in [0.3, 0.4) is 0 Å². The van der Waals surface area contributed by atoms with Crippen LogP contribution in [0.15, 0.2) is 54.6 Å². The molecule has 0 aliphatic carbocycles. The number of amides is 5. The molecule has 0 fully saturated rings. The summed E-state index contributed by atoms with van der Waals surface area (Å²) >= 11 is 0. The minimum atomic E-state index is -1.88. The maximum absolute atomic E-state index is 15.2. The summed E-state index contributed by atoms with van der Waals surface area (Å²) in [5.74, 6) is -4.87. The summed E-state index contributed by atoms with van der Waals surface area (Å²) in [4.78, 5) is 69.6. The summed E-state index contributed by atoms with van der Waals surface area (Å²) in [6, 6.07) is 10.5. The van der Waals surface area contributed by atoms with Crippen molar-refractivity contribution in [2.75, 3.05) is 39.9 Å². The Morgan fingerprint density at radius 2 is 1.55 bits per heavy atom. The number of aryl methyl sites for hydroxylation is 1. The number of ether oxygens (including phenoxy) is 2. The maximum atomic E-state index is 15.2. The third-order valence-electron chi connectivity index (χ3n) is 10.6. The molecule has 18 heteroatoms. The van der Waals surface area contributed by atoms with Gasteiger partial charge in [-0.2, -0.15) is 0 Å². The molecule has 336 valence electrons. The van der Waals surface area contributed by atoms with E-state index in [4.69, 9.17) is 20.9 Å². The normalized spacial score (nSPS) is 16.8. The Labute approximate surface area is 362 Å². The molecule has 5 amide bonds. The van der Waals surface area contributed by atoms with Gasteiger partial charge in [-0.3, -0.25) is 24.0 Å². The lowest BCUT2D eigenvalue weighted by molar-refractivity contribution is -0.139. The van der Waals surface area contributed by atoms with Crippen molar-refractivity contribution in [2.45, 2.75) is 96.2 Å². The lowest BCUT2D eigenvalue weighted by atomic mass is 9.81. The highest BCUT2D eigenvalue weighted by Crippen LogP contribution is 2.40. The van der Waals surface area contributed by atoms with Crippen LogP contribution in [-0.2, 0) is 32.0 Å². The van der Waals surface area contributed by atoms with Crippen LogP contribution < -0.4 is 42.2 Å².